The van der Waals surface area contributed by atoms with Gasteiger partial charge in [-0.05, 0) is 29.7 Å². The molecule has 0 saturated heterocycles. The van der Waals surface area contributed by atoms with Gasteiger partial charge < -0.3 is 5.11 Å². The van der Waals surface area contributed by atoms with Gasteiger partial charge in [0.2, 0.25) is 0 Å². The number of fused-ring (bicyclic) bond motifs is 1. The Hall–Kier alpha value is -1.46. The third kappa shape index (κ3) is 3.80. The summed E-state index contributed by atoms with van der Waals surface area (Å²) in [6.45, 7) is 4.43. The lowest BCUT2D eigenvalue weighted by atomic mass is 9.99. The van der Waals surface area contributed by atoms with E-state index in [1.165, 1.54) is 0 Å². The van der Waals surface area contributed by atoms with Crippen molar-refractivity contribution < 1.29 is 9.90 Å². The second kappa shape index (κ2) is 7.00. The molecule has 0 radical (unpaired) electrons. The molecule has 0 spiro atoms. The first-order valence-electron chi connectivity index (χ1n) is 7.02. The number of nitrogens with zero attached hydrogens (tertiary/aromatic N) is 1. The molecule has 0 saturated carbocycles. The van der Waals surface area contributed by atoms with Gasteiger partial charge in [0.05, 0.1) is 5.52 Å². The second-order valence-electron chi connectivity index (χ2n) is 5.22. The van der Waals surface area contributed by atoms with E-state index in [4.69, 9.17) is 0 Å². The number of pyridine rings is 1. The Labute approximate surface area is 132 Å². The zero-order valence-corrected chi connectivity index (χ0v) is 13.7. The third-order valence-electron chi connectivity index (χ3n) is 3.74. The first kappa shape index (κ1) is 15.9. The van der Waals surface area contributed by atoms with Crippen LogP contribution in [0.5, 0.6) is 0 Å². The second-order valence-corrected chi connectivity index (χ2v) is 6.14. The molecular weight excluding hydrogens is 332 g/mol. The van der Waals surface area contributed by atoms with Crippen molar-refractivity contribution in [3.05, 3.63) is 40.5 Å². The summed E-state index contributed by atoms with van der Waals surface area (Å²) < 4.78 is 0.968. The van der Waals surface area contributed by atoms with E-state index in [1.807, 2.05) is 38.1 Å². The van der Waals surface area contributed by atoms with Crippen LogP contribution in [0.15, 0.2) is 34.9 Å². The number of rotatable bonds is 6. The Morgan fingerprint density at radius 1 is 1.48 bits per heavy atom. The van der Waals surface area contributed by atoms with Crippen molar-refractivity contribution in [2.24, 2.45) is 5.92 Å². The minimum Gasteiger partial charge on any atom is -0.480 e. The number of aliphatic carboxylic acids is 1. The lowest BCUT2D eigenvalue weighted by Crippen LogP contribution is -2.41. The van der Waals surface area contributed by atoms with Crippen molar-refractivity contribution in [2.75, 3.05) is 0 Å². The van der Waals surface area contributed by atoms with E-state index in [9.17, 15) is 9.90 Å². The van der Waals surface area contributed by atoms with Crippen molar-refractivity contribution in [3.63, 3.8) is 0 Å². The summed E-state index contributed by atoms with van der Waals surface area (Å²) in [6, 6.07) is 7.34. The Morgan fingerprint density at radius 2 is 2.24 bits per heavy atom. The minimum absolute atomic E-state index is 0.0777. The molecule has 1 aromatic carbocycles. The van der Waals surface area contributed by atoms with Gasteiger partial charge in [0.15, 0.2) is 0 Å². The average molecular weight is 351 g/mol. The zero-order valence-electron chi connectivity index (χ0n) is 12.1. The zero-order chi connectivity index (χ0) is 15.4. The number of halogens is 1. The van der Waals surface area contributed by atoms with Gasteiger partial charge in [0, 0.05) is 22.6 Å². The summed E-state index contributed by atoms with van der Waals surface area (Å²) in [4.78, 5) is 15.8. The van der Waals surface area contributed by atoms with Gasteiger partial charge in [-0.25, -0.2) is 0 Å². The number of carbonyl (C=O) groups is 1. The Bertz CT molecular complexity index is 645. The van der Waals surface area contributed by atoms with E-state index in [0.29, 0.717) is 6.54 Å². The standard InChI is InChI=1S/C16H19BrN2O2/c1-3-10(2)14(16(20)21)19-9-12-8-13(17)7-11-5-4-6-18-15(11)12/h4-8,10,14,19H,3,9H2,1-2H3,(H,20,21)/t10-,14-/m0/s1. The van der Waals surface area contributed by atoms with Crippen LogP contribution in [-0.2, 0) is 11.3 Å². The first-order valence-corrected chi connectivity index (χ1v) is 7.81. The van der Waals surface area contributed by atoms with Gasteiger partial charge in [-0.15, -0.1) is 0 Å². The molecule has 0 aliphatic carbocycles. The van der Waals surface area contributed by atoms with Gasteiger partial charge in [0.1, 0.15) is 6.04 Å². The Kier molecular flexibility index (Phi) is 5.31. The molecule has 2 rings (SSSR count). The van der Waals surface area contributed by atoms with E-state index in [2.05, 4.69) is 26.2 Å². The molecule has 21 heavy (non-hydrogen) atoms. The van der Waals surface area contributed by atoms with Crippen LogP contribution >= 0.6 is 15.9 Å². The third-order valence-corrected chi connectivity index (χ3v) is 4.20. The molecule has 4 nitrogen and oxygen atoms in total. The summed E-state index contributed by atoms with van der Waals surface area (Å²) in [5.74, 6) is -0.731. The lowest BCUT2D eigenvalue weighted by molar-refractivity contribution is -0.140. The van der Waals surface area contributed by atoms with Crippen LogP contribution in [0.1, 0.15) is 25.8 Å². The first-order chi connectivity index (χ1) is 10.0. The number of carboxylic acids is 1. The van der Waals surface area contributed by atoms with Crippen LogP contribution < -0.4 is 5.32 Å². The van der Waals surface area contributed by atoms with Crippen LogP contribution in [0.4, 0.5) is 0 Å². The van der Waals surface area contributed by atoms with E-state index < -0.39 is 12.0 Å². The molecule has 5 heteroatoms. The number of benzene rings is 1. The van der Waals surface area contributed by atoms with Crippen LogP contribution in [0.3, 0.4) is 0 Å². The highest BCUT2D eigenvalue weighted by Gasteiger charge is 2.22. The molecule has 2 atom stereocenters. The number of hydrogen-bond acceptors (Lipinski definition) is 3. The smallest absolute Gasteiger partial charge is 0.320 e. The Balaban J connectivity index is 2.25. The van der Waals surface area contributed by atoms with Gasteiger partial charge >= 0.3 is 5.97 Å². The monoisotopic (exact) mass is 350 g/mol. The summed E-state index contributed by atoms with van der Waals surface area (Å²) in [5.41, 5.74) is 1.90. The largest absolute Gasteiger partial charge is 0.480 e. The van der Waals surface area contributed by atoms with Gasteiger partial charge in [-0.1, -0.05) is 42.3 Å². The maximum absolute atomic E-state index is 11.4. The van der Waals surface area contributed by atoms with Gasteiger partial charge in [0.25, 0.3) is 0 Å². The van der Waals surface area contributed by atoms with E-state index in [1.54, 1.807) is 6.20 Å². The molecule has 1 heterocycles. The maximum Gasteiger partial charge on any atom is 0.320 e. The molecule has 2 aromatic rings. The molecule has 1 aromatic heterocycles. The van der Waals surface area contributed by atoms with Gasteiger partial charge in [-0.3, -0.25) is 15.1 Å². The SMILES string of the molecule is CC[C@H](C)[C@H](NCc1cc(Br)cc2cccnc12)C(=O)O. The van der Waals surface area contributed by atoms with Crippen molar-refractivity contribution in [1.29, 1.82) is 0 Å². The summed E-state index contributed by atoms with van der Waals surface area (Å²) in [5, 5.41) is 13.5. The van der Waals surface area contributed by atoms with Crippen LogP contribution in [0.25, 0.3) is 10.9 Å². The van der Waals surface area contributed by atoms with Gasteiger partial charge in [-0.2, -0.15) is 0 Å². The number of carboxylic acid groups (broad SMARTS) is 1. The van der Waals surface area contributed by atoms with E-state index in [0.717, 1.165) is 27.4 Å². The van der Waals surface area contributed by atoms with Crippen LogP contribution in [0.2, 0.25) is 0 Å². The molecule has 0 unspecified atom stereocenters. The molecule has 0 bridgehead atoms. The fourth-order valence-corrected chi connectivity index (χ4v) is 2.87. The summed E-state index contributed by atoms with van der Waals surface area (Å²) >= 11 is 3.49. The summed E-state index contributed by atoms with van der Waals surface area (Å²) in [6.07, 6.45) is 2.57. The highest BCUT2D eigenvalue weighted by molar-refractivity contribution is 9.10. The predicted octanol–water partition coefficient (Wildman–Crippen LogP) is 3.59. The highest BCUT2D eigenvalue weighted by atomic mass is 79.9. The molecule has 0 aliphatic heterocycles. The van der Waals surface area contributed by atoms with Crippen molar-refractivity contribution in [2.45, 2.75) is 32.9 Å². The van der Waals surface area contributed by atoms with Crippen LogP contribution in [0, 0.1) is 5.92 Å². The molecular formula is C16H19BrN2O2. The van der Waals surface area contributed by atoms with Crippen molar-refractivity contribution in [1.82, 2.24) is 10.3 Å². The molecule has 0 amide bonds. The normalized spacial score (nSPS) is 14.0. The number of nitrogens with one attached hydrogen (secondary N) is 1. The molecule has 0 fully saturated rings. The molecule has 112 valence electrons. The fraction of sp³-hybridized carbons (Fsp3) is 0.375. The topological polar surface area (TPSA) is 62.2 Å². The quantitative estimate of drug-likeness (QED) is 0.835. The average Bonchev–Trinajstić information content (AvgIpc) is 2.46. The lowest BCUT2D eigenvalue weighted by Gasteiger charge is -2.20. The minimum atomic E-state index is -0.809. The van der Waals surface area contributed by atoms with Crippen molar-refractivity contribution >= 4 is 32.8 Å². The maximum atomic E-state index is 11.4. The molecule has 0 aliphatic rings. The van der Waals surface area contributed by atoms with E-state index in [-0.39, 0.29) is 5.92 Å². The predicted molar refractivity (Wildman–Crippen MR) is 87.2 cm³/mol. The summed E-state index contributed by atoms with van der Waals surface area (Å²) in [7, 11) is 0. The number of hydrogen-bond donors (Lipinski definition) is 2. The molecule has 2 N–H and O–H groups in total. The number of aromatic nitrogens is 1. The fourth-order valence-electron chi connectivity index (χ4n) is 2.35. The van der Waals surface area contributed by atoms with E-state index >= 15 is 0 Å². The highest BCUT2D eigenvalue weighted by Crippen LogP contribution is 2.23. The Morgan fingerprint density at radius 3 is 2.90 bits per heavy atom. The van der Waals surface area contributed by atoms with Crippen molar-refractivity contribution in [3.8, 4) is 0 Å². The van der Waals surface area contributed by atoms with Crippen LogP contribution in [-0.4, -0.2) is 22.1 Å².